The number of rotatable bonds is 5. The number of hydrogen-bond donors (Lipinski definition) is 2. The van der Waals surface area contributed by atoms with Gasteiger partial charge in [0.2, 0.25) is 0 Å². The molecule has 4 N–H and O–H groups in total. The summed E-state index contributed by atoms with van der Waals surface area (Å²) in [6, 6.07) is 12.5. The third kappa shape index (κ3) is 4.42. The third-order valence-electron chi connectivity index (χ3n) is 3.13. The number of carbonyl (C=O) groups is 2. The molecule has 0 aliphatic rings. The zero-order valence-electron chi connectivity index (χ0n) is 13.0. The molecule has 7 heteroatoms. The average molecular weight is 390 g/mol. The van der Waals surface area contributed by atoms with Crippen molar-refractivity contribution in [2.45, 2.75) is 13.5 Å². The summed E-state index contributed by atoms with van der Waals surface area (Å²) in [7, 11) is 0. The van der Waals surface area contributed by atoms with Crippen molar-refractivity contribution in [1.29, 1.82) is 0 Å². The Labute approximate surface area is 147 Å². The molecule has 2 aromatic carbocycles. The Morgan fingerprint density at radius 1 is 1.17 bits per heavy atom. The van der Waals surface area contributed by atoms with E-state index in [0.29, 0.717) is 16.8 Å². The second kappa shape index (κ2) is 7.74. The molecule has 0 radical (unpaired) electrons. The number of ether oxygens (including phenoxy) is 1. The Balaban J connectivity index is 2.36. The van der Waals surface area contributed by atoms with Crippen molar-refractivity contribution in [3.05, 3.63) is 63.6 Å². The fraction of sp³-hybridized carbons (Fsp3) is 0.118. The first-order chi connectivity index (χ1) is 11.4. The van der Waals surface area contributed by atoms with Gasteiger partial charge in [0.1, 0.15) is 12.4 Å². The lowest BCUT2D eigenvalue weighted by Gasteiger charge is -2.13. The number of nitrogens with zero attached hydrogens (tertiary/aromatic N) is 1. The van der Waals surface area contributed by atoms with Crippen LogP contribution in [0.2, 0.25) is 0 Å². The predicted octanol–water partition coefficient (Wildman–Crippen LogP) is 2.64. The van der Waals surface area contributed by atoms with Crippen LogP contribution in [0.25, 0.3) is 0 Å². The van der Waals surface area contributed by atoms with E-state index in [2.05, 4.69) is 20.9 Å². The summed E-state index contributed by atoms with van der Waals surface area (Å²) < 4.78 is 6.24. The number of aliphatic imine (C=N–C) groups is 1. The number of benzene rings is 2. The van der Waals surface area contributed by atoms with Crippen LogP contribution in [0.5, 0.6) is 5.75 Å². The molecule has 0 saturated heterocycles. The quantitative estimate of drug-likeness (QED) is 0.464. The number of nitrogens with two attached hydrogens (primary N) is 2. The molecule has 0 unspecified atom stereocenters. The summed E-state index contributed by atoms with van der Waals surface area (Å²) in [5, 5.41) is 0. The number of halogens is 1. The van der Waals surface area contributed by atoms with Crippen LogP contribution in [0.1, 0.15) is 33.2 Å². The summed E-state index contributed by atoms with van der Waals surface area (Å²) in [5.41, 5.74) is 11.8. The van der Waals surface area contributed by atoms with Gasteiger partial charge in [0, 0.05) is 5.56 Å². The zero-order chi connectivity index (χ0) is 17.7. The van der Waals surface area contributed by atoms with Crippen molar-refractivity contribution < 1.29 is 14.3 Å². The van der Waals surface area contributed by atoms with E-state index in [4.69, 9.17) is 16.2 Å². The first-order valence-corrected chi connectivity index (χ1v) is 7.83. The maximum absolute atomic E-state index is 12.0. The molecule has 0 aliphatic heterocycles. The van der Waals surface area contributed by atoms with Crippen LogP contribution < -0.4 is 16.2 Å². The monoisotopic (exact) mass is 389 g/mol. The van der Waals surface area contributed by atoms with E-state index in [-0.39, 0.29) is 22.9 Å². The number of carbonyl (C=O) groups excluding carboxylic acids is 2. The zero-order valence-corrected chi connectivity index (χ0v) is 14.5. The first kappa shape index (κ1) is 17.7. The molecule has 2 aromatic rings. The molecule has 0 spiro atoms. The first-order valence-electron chi connectivity index (χ1n) is 7.03. The van der Waals surface area contributed by atoms with Crippen LogP contribution in [0.4, 0.5) is 0 Å². The topological polar surface area (TPSA) is 108 Å². The molecular weight excluding hydrogens is 374 g/mol. The molecule has 0 heterocycles. The summed E-state index contributed by atoms with van der Waals surface area (Å²) in [5.74, 6) is -0.844. The molecule has 24 heavy (non-hydrogen) atoms. The number of guanidine groups is 1. The minimum Gasteiger partial charge on any atom is -0.487 e. The van der Waals surface area contributed by atoms with Crippen molar-refractivity contribution in [1.82, 2.24) is 0 Å². The second-order valence-corrected chi connectivity index (χ2v) is 5.86. The lowest BCUT2D eigenvalue weighted by molar-refractivity contribution is 0.100. The summed E-state index contributed by atoms with van der Waals surface area (Å²) in [6.07, 6.45) is 0. The lowest BCUT2D eigenvalue weighted by atomic mass is 10.1. The molecule has 6 nitrogen and oxygen atoms in total. The molecule has 2 rings (SSSR count). The molecule has 0 aromatic heterocycles. The van der Waals surface area contributed by atoms with Crippen LogP contribution >= 0.6 is 15.9 Å². The second-order valence-electron chi connectivity index (χ2n) is 5.01. The van der Waals surface area contributed by atoms with Crippen LogP contribution in [0, 0.1) is 0 Å². The number of ketones is 1. The average Bonchev–Trinajstić information content (AvgIpc) is 2.53. The van der Waals surface area contributed by atoms with Gasteiger partial charge in [0.25, 0.3) is 5.91 Å². The van der Waals surface area contributed by atoms with E-state index in [0.717, 1.165) is 5.56 Å². The van der Waals surface area contributed by atoms with E-state index in [9.17, 15) is 9.59 Å². The molecule has 1 amide bonds. The SMILES string of the molecule is CC(=O)c1cc(C(=O)N=C(N)N)cc(Br)c1OCc1ccccc1. The van der Waals surface area contributed by atoms with Crippen LogP contribution in [-0.2, 0) is 6.61 Å². The van der Waals surface area contributed by atoms with E-state index in [1.54, 1.807) is 0 Å². The van der Waals surface area contributed by atoms with Gasteiger partial charge in [-0.15, -0.1) is 0 Å². The van der Waals surface area contributed by atoms with Gasteiger partial charge in [-0.1, -0.05) is 30.3 Å². The van der Waals surface area contributed by atoms with E-state index < -0.39 is 5.91 Å². The largest absolute Gasteiger partial charge is 0.487 e. The van der Waals surface area contributed by atoms with E-state index in [1.165, 1.54) is 19.1 Å². The normalized spacial score (nSPS) is 10.1. The smallest absolute Gasteiger partial charge is 0.280 e. The van der Waals surface area contributed by atoms with Crippen molar-refractivity contribution in [3.8, 4) is 5.75 Å². The van der Waals surface area contributed by atoms with Gasteiger partial charge in [0.05, 0.1) is 10.0 Å². The summed E-state index contributed by atoms with van der Waals surface area (Å²) >= 11 is 3.33. The van der Waals surface area contributed by atoms with E-state index in [1.807, 2.05) is 30.3 Å². The highest BCUT2D eigenvalue weighted by molar-refractivity contribution is 9.10. The van der Waals surface area contributed by atoms with E-state index >= 15 is 0 Å². The number of Topliss-reactive ketones (excluding diaryl/α,β-unsaturated/α-hetero) is 1. The Hall–Kier alpha value is -2.67. The lowest BCUT2D eigenvalue weighted by Crippen LogP contribution is -2.24. The van der Waals surface area contributed by atoms with Gasteiger partial charge in [-0.05, 0) is 40.5 Å². The standard InChI is InChI=1S/C17H16BrN3O3/c1-10(22)13-7-12(16(23)21-17(19)20)8-14(18)15(13)24-9-11-5-3-2-4-6-11/h2-8H,9H2,1H3,(H4,19,20,21,23). The Kier molecular flexibility index (Phi) is 5.70. The van der Waals surface area contributed by atoms with Crippen LogP contribution in [0.3, 0.4) is 0 Å². The van der Waals surface area contributed by atoms with Crippen molar-refractivity contribution in [3.63, 3.8) is 0 Å². The highest BCUT2D eigenvalue weighted by atomic mass is 79.9. The number of hydrogen-bond acceptors (Lipinski definition) is 3. The van der Waals surface area contributed by atoms with Gasteiger partial charge in [-0.25, -0.2) is 0 Å². The molecule has 0 bridgehead atoms. The van der Waals surface area contributed by atoms with Crippen molar-refractivity contribution in [2.75, 3.05) is 0 Å². The maximum Gasteiger partial charge on any atom is 0.280 e. The van der Waals surface area contributed by atoms with Crippen molar-refractivity contribution >= 4 is 33.6 Å². The Morgan fingerprint density at radius 3 is 2.42 bits per heavy atom. The van der Waals surface area contributed by atoms with Gasteiger partial charge in [-0.2, -0.15) is 4.99 Å². The van der Waals surface area contributed by atoms with Gasteiger partial charge in [-0.3, -0.25) is 9.59 Å². The Bertz CT molecular complexity index is 800. The molecule has 0 saturated carbocycles. The molecule has 0 aliphatic carbocycles. The van der Waals surface area contributed by atoms with Gasteiger partial charge < -0.3 is 16.2 Å². The Morgan fingerprint density at radius 2 is 1.83 bits per heavy atom. The highest BCUT2D eigenvalue weighted by Gasteiger charge is 2.17. The van der Waals surface area contributed by atoms with Gasteiger partial charge in [0.15, 0.2) is 11.7 Å². The van der Waals surface area contributed by atoms with Crippen molar-refractivity contribution in [2.24, 2.45) is 16.5 Å². The fourth-order valence-electron chi connectivity index (χ4n) is 2.04. The molecular formula is C17H16BrN3O3. The molecule has 0 atom stereocenters. The third-order valence-corrected chi connectivity index (χ3v) is 3.72. The molecule has 124 valence electrons. The minimum absolute atomic E-state index is 0.188. The molecule has 0 fully saturated rings. The van der Waals surface area contributed by atoms with Crippen LogP contribution in [0.15, 0.2) is 51.9 Å². The predicted molar refractivity (Wildman–Crippen MR) is 95.1 cm³/mol. The fourth-order valence-corrected chi connectivity index (χ4v) is 2.61. The van der Waals surface area contributed by atoms with Gasteiger partial charge >= 0.3 is 0 Å². The number of amides is 1. The highest BCUT2D eigenvalue weighted by Crippen LogP contribution is 2.32. The maximum atomic E-state index is 12.0. The summed E-state index contributed by atoms with van der Waals surface area (Å²) in [4.78, 5) is 27.4. The van der Waals surface area contributed by atoms with Crippen LogP contribution in [-0.4, -0.2) is 17.6 Å². The summed E-state index contributed by atoms with van der Waals surface area (Å²) in [6.45, 7) is 1.69. The minimum atomic E-state index is -0.632.